The zero-order valence-electron chi connectivity index (χ0n) is 20.9. The molecule has 1 aliphatic rings. The Morgan fingerprint density at radius 1 is 1.00 bits per heavy atom. The van der Waals surface area contributed by atoms with E-state index in [0.717, 1.165) is 34.6 Å². The molecule has 1 aliphatic heterocycles. The molecule has 2 aromatic heterocycles. The molecule has 0 amide bonds. The standard InChI is InChI=1S/C28H27ClFN7O/c1-19-12-21(15-22(29)13-19)14-20-2-4-23(5-3-20)34-25-7-6-24(31-16-25)17-33-36-28-32-18-26(30)27(35-28)37-8-10-38-11-9-37/h2-7,12-13,15-18,34H,8-11,14H2,1H3,(H,32,35,36)/b33-17-. The fourth-order valence-corrected chi connectivity index (χ4v) is 4.46. The first-order valence-corrected chi connectivity index (χ1v) is 12.6. The van der Waals surface area contributed by atoms with Crippen LogP contribution in [0.4, 0.5) is 27.5 Å². The topological polar surface area (TPSA) is 87.6 Å². The van der Waals surface area contributed by atoms with Crippen LogP contribution < -0.4 is 15.6 Å². The minimum absolute atomic E-state index is 0.205. The van der Waals surface area contributed by atoms with Crippen molar-refractivity contribution < 1.29 is 9.13 Å². The molecule has 2 N–H and O–H groups in total. The first kappa shape index (κ1) is 25.6. The predicted molar refractivity (Wildman–Crippen MR) is 149 cm³/mol. The second kappa shape index (κ2) is 12.0. The molecule has 0 unspecified atom stereocenters. The van der Waals surface area contributed by atoms with Crippen LogP contribution in [0.3, 0.4) is 0 Å². The maximum absolute atomic E-state index is 14.2. The van der Waals surface area contributed by atoms with Crippen LogP contribution in [0.2, 0.25) is 5.02 Å². The zero-order valence-corrected chi connectivity index (χ0v) is 21.6. The Morgan fingerprint density at radius 3 is 2.53 bits per heavy atom. The maximum atomic E-state index is 14.2. The number of anilines is 4. The Hall–Kier alpha value is -4.08. The highest BCUT2D eigenvalue weighted by molar-refractivity contribution is 6.30. The van der Waals surface area contributed by atoms with Crippen LogP contribution in [0, 0.1) is 12.7 Å². The number of halogens is 2. The third kappa shape index (κ3) is 6.81. The normalized spacial score (nSPS) is 13.6. The zero-order chi connectivity index (χ0) is 26.3. The van der Waals surface area contributed by atoms with Gasteiger partial charge >= 0.3 is 0 Å². The van der Waals surface area contributed by atoms with E-state index in [1.54, 1.807) is 12.4 Å². The van der Waals surface area contributed by atoms with E-state index >= 15 is 0 Å². The molecule has 38 heavy (non-hydrogen) atoms. The second-order valence-electron chi connectivity index (χ2n) is 8.94. The van der Waals surface area contributed by atoms with E-state index < -0.39 is 5.82 Å². The van der Waals surface area contributed by atoms with Gasteiger partial charge in [-0.25, -0.2) is 14.8 Å². The van der Waals surface area contributed by atoms with E-state index in [1.807, 2.05) is 48.2 Å². The Morgan fingerprint density at radius 2 is 1.79 bits per heavy atom. The maximum Gasteiger partial charge on any atom is 0.245 e. The van der Waals surface area contributed by atoms with E-state index in [0.29, 0.717) is 32.0 Å². The summed E-state index contributed by atoms with van der Waals surface area (Å²) in [6, 6.07) is 18.2. The van der Waals surface area contributed by atoms with Crippen molar-refractivity contribution >= 4 is 41.0 Å². The number of rotatable bonds is 8. The molecule has 0 bridgehead atoms. The highest BCUT2D eigenvalue weighted by atomic mass is 35.5. The first-order chi connectivity index (χ1) is 18.5. The van der Waals surface area contributed by atoms with Crippen LogP contribution in [0.5, 0.6) is 0 Å². The number of morpholine rings is 1. The van der Waals surface area contributed by atoms with Crippen molar-refractivity contribution in [2.45, 2.75) is 13.3 Å². The lowest BCUT2D eigenvalue weighted by molar-refractivity contribution is 0.122. The van der Waals surface area contributed by atoms with Gasteiger partial charge in [0.2, 0.25) is 5.95 Å². The molecule has 1 fully saturated rings. The van der Waals surface area contributed by atoms with Gasteiger partial charge in [0.25, 0.3) is 0 Å². The minimum Gasteiger partial charge on any atom is -0.378 e. The van der Waals surface area contributed by atoms with Gasteiger partial charge in [0.05, 0.1) is 43.2 Å². The summed E-state index contributed by atoms with van der Waals surface area (Å²) in [7, 11) is 0. The van der Waals surface area contributed by atoms with Crippen LogP contribution in [0.25, 0.3) is 0 Å². The quantitative estimate of drug-likeness (QED) is 0.226. The summed E-state index contributed by atoms with van der Waals surface area (Å²) >= 11 is 6.19. The van der Waals surface area contributed by atoms with E-state index in [4.69, 9.17) is 16.3 Å². The molecule has 0 saturated carbocycles. The first-order valence-electron chi connectivity index (χ1n) is 12.2. The van der Waals surface area contributed by atoms with Gasteiger partial charge in [-0.15, -0.1) is 0 Å². The predicted octanol–water partition coefficient (Wildman–Crippen LogP) is 5.59. The molecule has 3 heterocycles. The molecule has 5 rings (SSSR count). The molecule has 4 aromatic rings. The van der Waals surface area contributed by atoms with Crippen LogP contribution in [0.15, 0.2) is 72.1 Å². The van der Waals surface area contributed by atoms with Crippen molar-refractivity contribution in [3.63, 3.8) is 0 Å². The number of aromatic nitrogens is 3. The van der Waals surface area contributed by atoms with Gasteiger partial charge in [-0.1, -0.05) is 29.8 Å². The fourth-order valence-electron chi connectivity index (χ4n) is 4.14. The summed E-state index contributed by atoms with van der Waals surface area (Å²) in [5.41, 5.74) is 8.75. The van der Waals surface area contributed by atoms with Crippen LogP contribution in [-0.4, -0.2) is 47.5 Å². The summed E-state index contributed by atoms with van der Waals surface area (Å²) in [5, 5.41) is 8.25. The lowest BCUT2D eigenvalue weighted by Gasteiger charge is -2.27. The lowest BCUT2D eigenvalue weighted by Crippen LogP contribution is -2.37. The molecular formula is C28H27ClFN7O. The van der Waals surface area contributed by atoms with Gasteiger partial charge in [0.15, 0.2) is 11.6 Å². The Labute approximate surface area is 225 Å². The number of benzene rings is 2. The lowest BCUT2D eigenvalue weighted by atomic mass is 10.0. The molecule has 8 nitrogen and oxygen atoms in total. The molecule has 1 saturated heterocycles. The number of nitrogens with zero attached hydrogens (tertiary/aromatic N) is 5. The van der Waals surface area contributed by atoms with E-state index in [-0.39, 0.29) is 11.8 Å². The van der Waals surface area contributed by atoms with E-state index in [1.165, 1.54) is 11.1 Å². The molecule has 0 atom stereocenters. The molecule has 0 spiro atoms. The summed E-state index contributed by atoms with van der Waals surface area (Å²) in [6.45, 7) is 4.28. The number of ether oxygens (including phenoxy) is 1. The molecule has 10 heteroatoms. The van der Waals surface area contributed by atoms with Crippen LogP contribution in [-0.2, 0) is 11.2 Å². The van der Waals surface area contributed by atoms with Crippen molar-refractivity contribution in [3.05, 3.63) is 100 Å². The van der Waals surface area contributed by atoms with Crippen molar-refractivity contribution in [1.29, 1.82) is 0 Å². The van der Waals surface area contributed by atoms with Gasteiger partial charge in [-0.05, 0) is 66.4 Å². The van der Waals surface area contributed by atoms with Crippen molar-refractivity contribution in [2.24, 2.45) is 5.10 Å². The minimum atomic E-state index is -0.475. The Balaban J connectivity index is 1.15. The summed E-state index contributed by atoms with van der Waals surface area (Å²) in [6.07, 6.45) is 5.24. The van der Waals surface area contributed by atoms with Gasteiger partial charge in [0.1, 0.15) is 0 Å². The second-order valence-corrected chi connectivity index (χ2v) is 9.38. The molecular weight excluding hydrogens is 505 g/mol. The average Bonchev–Trinajstić information content (AvgIpc) is 2.92. The summed E-state index contributed by atoms with van der Waals surface area (Å²) < 4.78 is 19.5. The number of hydrazone groups is 1. The number of pyridine rings is 1. The van der Waals surface area contributed by atoms with E-state index in [2.05, 4.69) is 49.0 Å². The highest BCUT2D eigenvalue weighted by Crippen LogP contribution is 2.21. The summed E-state index contributed by atoms with van der Waals surface area (Å²) in [4.78, 5) is 14.4. The van der Waals surface area contributed by atoms with Gasteiger partial charge < -0.3 is 15.0 Å². The fraction of sp³-hybridized carbons (Fsp3) is 0.214. The van der Waals surface area contributed by atoms with Gasteiger partial charge in [-0.3, -0.25) is 4.98 Å². The number of hydrogen-bond donors (Lipinski definition) is 2. The van der Waals surface area contributed by atoms with Crippen molar-refractivity contribution in [2.75, 3.05) is 41.9 Å². The van der Waals surface area contributed by atoms with E-state index in [9.17, 15) is 4.39 Å². The average molecular weight is 532 g/mol. The largest absolute Gasteiger partial charge is 0.378 e. The van der Waals surface area contributed by atoms with Crippen molar-refractivity contribution in [3.8, 4) is 0 Å². The molecule has 194 valence electrons. The van der Waals surface area contributed by atoms with Crippen LogP contribution in [0.1, 0.15) is 22.4 Å². The van der Waals surface area contributed by atoms with Gasteiger partial charge in [0, 0.05) is 23.8 Å². The third-order valence-electron chi connectivity index (χ3n) is 5.94. The molecule has 2 aromatic carbocycles. The van der Waals surface area contributed by atoms with Gasteiger partial charge in [-0.2, -0.15) is 10.1 Å². The summed E-state index contributed by atoms with van der Waals surface area (Å²) in [5.74, 6) is -0.0319. The number of aryl methyl sites for hydroxylation is 1. The number of nitrogens with one attached hydrogen (secondary N) is 2. The SMILES string of the molecule is Cc1cc(Cl)cc(Cc2ccc(Nc3ccc(/C=N\Nc4ncc(F)c(N5CCOCC5)n4)nc3)cc2)c1. The van der Waals surface area contributed by atoms with Crippen LogP contribution >= 0.6 is 11.6 Å². The van der Waals surface area contributed by atoms with Crippen molar-refractivity contribution in [1.82, 2.24) is 15.0 Å². The smallest absolute Gasteiger partial charge is 0.245 e. The molecule has 0 radical (unpaired) electrons. The molecule has 0 aliphatic carbocycles. The third-order valence-corrected chi connectivity index (χ3v) is 6.15. The Bertz CT molecular complexity index is 1390. The Kier molecular flexibility index (Phi) is 8.06. The number of hydrogen-bond acceptors (Lipinski definition) is 8. The highest BCUT2D eigenvalue weighted by Gasteiger charge is 2.17. The monoisotopic (exact) mass is 531 g/mol.